The number of hydrogen-bond donors (Lipinski definition) is 1. The SMILES string of the molecule is O=C1N[C@@](Cc2ccccc2)(c2ccccc2)C(=O)N1CN1CC=C(c2ccccc2)CC1. The van der Waals surface area contributed by atoms with Crippen LogP contribution in [0.4, 0.5) is 4.79 Å². The molecule has 0 radical (unpaired) electrons. The van der Waals surface area contributed by atoms with Crippen LogP contribution < -0.4 is 5.32 Å². The molecule has 3 aromatic rings. The highest BCUT2D eigenvalue weighted by atomic mass is 16.2. The number of benzene rings is 3. The number of carbonyl (C=O) groups excluding carboxylic acids is 2. The van der Waals surface area contributed by atoms with Crippen LogP contribution in [0.15, 0.2) is 97.1 Å². The largest absolute Gasteiger partial charge is 0.326 e. The third kappa shape index (κ3) is 4.20. The lowest BCUT2D eigenvalue weighted by molar-refractivity contribution is -0.133. The first kappa shape index (κ1) is 21.2. The molecule has 5 heteroatoms. The Morgan fingerprint density at radius 3 is 2.09 bits per heavy atom. The molecule has 0 saturated carbocycles. The highest BCUT2D eigenvalue weighted by Crippen LogP contribution is 2.33. The van der Waals surface area contributed by atoms with Crippen molar-refractivity contribution in [2.45, 2.75) is 18.4 Å². The van der Waals surface area contributed by atoms with Crippen molar-refractivity contribution in [2.24, 2.45) is 0 Å². The van der Waals surface area contributed by atoms with Gasteiger partial charge in [0.25, 0.3) is 5.91 Å². The van der Waals surface area contributed by atoms with E-state index in [-0.39, 0.29) is 18.6 Å². The average Bonchev–Trinajstić information content (AvgIpc) is 3.11. The molecule has 0 bridgehead atoms. The summed E-state index contributed by atoms with van der Waals surface area (Å²) in [4.78, 5) is 30.4. The maximum atomic E-state index is 13.8. The molecule has 0 spiro atoms. The topological polar surface area (TPSA) is 52.7 Å². The minimum absolute atomic E-state index is 0.194. The van der Waals surface area contributed by atoms with Crippen molar-refractivity contribution in [1.29, 1.82) is 0 Å². The van der Waals surface area contributed by atoms with Crippen LogP contribution in [0.25, 0.3) is 5.57 Å². The van der Waals surface area contributed by atoms with Gasteiger partial charge in [0.1, 0.15) is 0 Å². The van der Waals surface area contributed by atoms with Crippen molar-refractivity contribution in [2.75, 3.05) is 19.8 Å². The number of nitrogens with one attached hydrogen (secondary N) is 1. The van der Waals surface area contributed by atoms with E-state index in [1.807, 2.05) is 78.9 Å². The third-order valence-corrected chi connectivity index (χ3v) is 6.53. The summed E-state index contributed by atoms with van der Waals surface area (Å²) in [5.41, 5.74) is 3.26. The molecular weight excluding hydrogens is 410 g/mol. The summed E-state index contributed by atoms with van der Waals surface area (Å²) in [6, 6.07) is 29.4. The fourth-order valence-electron chi connectivity index (χ4n) is 4.75. The van der Waals surface area contributed by atoms with E-state index in [1.54, 1.807) is 0 Å². The van der Waals surface area contributed by atoms with Gasteiger partial charge in [-0.25, -0.2) is 9.69 Å². The van der Waals surface area contributed by atoms with Gasteiger partial charge in [0, 0.05) is 19.5 Å². The normalized spacial score (nSPS) is 21.1. The summed E-state index contributed by atoms with van der Waals surface area (Å²) in [5, 5.41) is 3.05. The number of hydrogen-bond acceptors (Lipinski definition) is 3. The average molecular weight is 438 g/mol. The van der Waals surface area contributed by atoms with E-state index < -0.39 is 5.54 Å². The molecule has 2 aliphatic heterocycles. The van der Waals surface area contributed by atoms with E-state index in [0.29, 0.717) is 13.0 Å². The smallest absolute Gasteiger partial charge is 0.319 e. The van der Waals surface area contributed by atoms with Gasteiger partial charge in [-0.3, -0.25) is 9.69 Å². The number of amides is 3. The van der Waals surface area contributed by atoms with E-state index >= 15 is 0 Å². The minimum atomic E-state index is -1.10. The summed E-state index contributed by atoms with van der Waals surface area (Å²) in [5.74, 6) is -0.194. The lowest BCUT2D eigenvalue weighted by Gasteiger charge is -2.31. The molecule has 5 nitrogen and oxygen atoms in total. The molecule has 33 heavy (non-hydrogen) atoms. The predicted octanol–water partition coefficient (Wildman–Crippen LogP) is 4.42. The minimum Gasteiger partial charge on any atom is -0.319 e. The molecule has 2 heterocycles. The summed E-state index contributed by atoms with van der Waals surface area (Å²) < 4.78 is 0. The number of rotatable bonds is 6. The lowest BCUT2D eigenvalue weighted by atomic mass is 9.83. The lowest BCUT2D eigenvalue weighted by Crippen LogP contribution is -2.47. The first-order valence-electron chi connectivity index (χ1n) is 11.4. The molecule has 1 saturated heterocycles. The van der Waals surface area contributed by atoms with Gasteiger partial charge in [-0.1, -0.05) is 97.1 Å². The van der Waals surface area contributed by atoms with Crippen molar-refractivity contribution >= 4 is 17.5 Å². The molecule has 1 fully saturated rings. The zero-order chi connectivity index (χ0) is 22.7. The molecule has 0 aromatic heterocycles. The highest BCUT2D eigenvalue weighted by molar-refractivity contribution is 6.07. The maximum absolute atomic E-state index is 13.8. The molecule has 1 atom stereocenters. The molecule has 0 aliphatic carbocycles. The summed E-state index contributed by atoms with van der Waals surface area (Å²) >= 11 is 0. The summed E-state index contributed by atoms with van der Waals surface area (Å²) in [7, 11) is 0. The van der Waals surface area contributed by atoms with Crippen LogP contribution in [0.3, 0.4) is 0 Å². The monoisotopic (exact) mass is 437 g/mol. The van der Waals surface area contributed by atoms with E-state index in [4.69, 9.17) is 0 Å². The molecule has 1 N–H and O–H groups in total. The van der Waals surface area contributed by atoms with Gasteiger partial charge in [0.2, 0.25) is 0 Å². The number of nitrogens with zero attached hydrogens (tertiary/aromatic N) is 2. The van der Waals surface area contributed by atoms with E-state index in [1.165, 1.54) is 16.0 Å². The highest BCUT2D eigenvalue weighted by Gasteiger charge is 2.52. The molecule has 166 valence electrons. The second-order valence-corrected chi connectivity index (χ2v) is 8.66. The van der Waals surface area contributed by atoms with E-state index in [2.05, 4.69) is 28.4 Å². The zero-order valence-electron chi connectivity index (χ0n) is 18.5. The molecule has 0 unspecified atom stereocenters. The van der Waals surface area contributed by atoms with Gasteiger partial charge in [-0.2, -0.15) is 0 Å². The van der Waals surface area contributed by atoms with Crippen molar-refractivity contribution in [1.82, 2.24) is 15.1 Å². The van der Waals surface area contributed by atoms with Crippen LogP contribution in [0.5, 0.6) is 0 Å². The molecule has 2 aliphatic rings. The van der Waals surface area contributed by atoms with E-state index in [9.17, 15) is 9.59 Å². The van der Waals surface area contributed by atoms with Crippen LogP contribution in [-0.2, 0) is 16.8 Å². The van der Waals surface area contributed by atoms with Gasteiger partial charge in [-0.15, -0.1) is 0 Å². The second-order valence-electron chi connectivity index (χ2n) is 8.66. The Morgan fingerprint density at radius 2 is 1.45 bits per heavy atom. The zero-order valence-corrected chi connectivity index (χ0v) is 18.5. The van der Waals surface area contributed by atoms with Gasteiger partial charge < -0.3 is 5.32 Å². The van der Waals surface area contributed by atoms with Crippen molar-refractivity contribution in [3.8, 4) is 0 Å². The fraction of sp³-hybridized carbons (Fsp3) is 0.214. The van der Waals surface area contributed by atoms with Gasteiger partial charge >= 0.3 is 6.03 Å². The standard InChI is InChI=1S/C28H27N3O2/c32-26-28(25-14-8-3-9-15-25,20-22-10-4-1-5-11-22)29-27(33)31(26)21-30-18-16-24(17-19-30)23-12-6-2-7-13-23/h1-16H,17-21H2,(H,29,33)/t28-/m0/s1. The van der Waals surface area contributed by atoms with Crippen LogP contribution in [0.2, 0.25) is 0 Å². The van der Waals surface area contributed by atoms with Crippen LogP contribution in [-0.4, -0.2) is 41.5 Å². The molecule has 5 rings (SSSR count). The predicted molar refractivity (Wildman–Crippen MR) is 129 cm³/mol. The quantitative estimate of drug-likeness (QED) is 0.581. The Hall–Kier alpha value is -3.70. The van der Waals surface area contributed by atoms with Gasteiger partial charge in [0.05, 0.1) is 6.67 Å². The molecule has 3 aromatic carbocycles. The fourth-order valence-corrected chi connectivity index (χ4v) is 4.75. The maximum Gasteiger partial charge on any atom is 0.326 e. The number of urea groups is 1. The number of carbonyl (C=O) groups is 2. The summed E-state index contributed by atoms with van der Waals surface area (Å²) in [6.07, 6.45) is 3.50. The van der Waals surface area contributed by atoms with E-state index in [0.717, 1.165) is 24.1 Å². The van der Waals surface area contributed by atoms with Crippen molar-refractivity contribution < 1.29 is 9.59 Å². The van der Waals surface area contributed by atoms with Crippen LogP contribution in [0.1, 0.15) is 23.1 Å². The summed E-state index contributed by atoms with van der Waals surface area (Å²) in [6.45, 7) is 1.79. The number of imide groups is 1. The molecular formula is C28H27N3O2. The van der Waals surface area contributed by atoms with Crippen molar-refractivity contribution in [3.05, 3.63) is 114 Å². The molecule has 3 amide bonds. The first-order valence-corrected chi connectivity index (χ1v) is 11.4. The van der Waals surface area contributed by atoms with Crippen LogP contribution >= 0.6 is 0 Å². The Labute approximate surface area is 194 Å². The Balaban J connectivity index is 1.37. The third-order valence-electron chi connectivity index (χ3n) is 6.53. The first-order chi connectivity index (χ1) is 16.2. The Kier molecular flexibility index (Phi) is 5.80. The van der Waals surface area contributed by atoms with Gasteiger partial charge in [0.15, 0.2) is 5.54 Å². The van der Waals surface area contributed by atoms with Gasteiger partial charge in [-0.05, 0) is 28.7 Å². The Morgan fingerprint density at radius 1 is 0.818 bits per heavy atom. The van der Waals surface area contributed by atoms with Crippen molar-refractivity contribution in [3.63, 3.8) is 0 Å². The second kappa shape index (κ2) is 9.04. The Bertz CT molecular complexity index is 1160. The van der Waals surface area contributed by atoms with Crippen LogP contribution in [0, 0.1) is 0 Å².